The first-order valence-electron chi connectivity index (χ1n) is 3.21. The van der Waals surface area contributed by atoms with Crippen LogP contribution in [0.4, 0.5) is 0 Å². The number of aliphatic hydroxyl groups is 1. The van der Waals surface area contributed by atoms with Gasteiger partial charge >= 0.3 is 0 Å². The number of rotatable bonds is 1. The third-order valence-corrected chi connectivity index (χ3v) is 1.10. The summed E-state index contributed by atoms with van der Waals surface area (Å²) in [4.78, 5) is 0. The van der Waals surface area contributed by atoms with Crippen LogP contribution in [0.5, 0.6) is 5.75 Å². The van der Waals surface area contributed by atoms with Crippen LogP contribution < -0.4 is 4.74 Å². The normalized spacial score (nSPS) is 7.77. The summed E-state index contributed by atoms with van der Waals surface area (Å²) in [5.74, 6) is 0.669. The van der Waals surface area contributed by atoms with E-state index in [1.165, 1.54) is 0 Å². The second-order valence-electron chi connectivity index (χ2n) is 1.76. The molecule has 1 rings (SSSR count). The van der Waals surface area contributed by atoms with Gasteiger partial charge in [0.1, 0.15) is 11.3 Å². The molecule has 0 heterocycles. The minimum atomic E-state index is 0.0196. The molecule has 1 aromatic carbocycles. The maximum Gasteiger partial charge on any atom is 0.260 e. The van der Waals surface area contributed by atoms with E-state index in [4.69, 9.17) is 21.4 Å². The summed E-state index contributed by atoms with van der Waals surface area (Å²) >= 11 is 13.7. The first kappa shape index (κ1) is 12.3. The molecule has 0 unspecified atom stereocenters. The molecule has 0 radical (unpaired) electrons. The van der Waals surface area contributed by atoms with E-state index in [9.17, 15) is 0 Å². The van der Waals surface area contributed by atoms with Crippen LogP contribution in [0.25, 0.3) is 0 Å². The summed E-state index contributed by atoms with van der Waals surface area (Å²) in [6.45, 7) is 0. The molecule has 1 N–H and O–H groups in total. The Morgan fingerprint density at radius 3 is 2.23 bits per heavy atom. The Labute approximate surface area is 92.1 Å². The molecule has 13 heavy (non-hydrogen) atoms. The Morgan fingerprint density at radius 2 is 1.85 bits per heavy atom. The number of para-hydroxylation sites is 1. The van der Waals surface area contributed by atoms with Crippen LogP contribution >= 0.6 is 36.0 Å². The third-order valence-electron chi connectivity index (χ3n) is 0.941. The predicted molar refractivity (Wildman–Crippen MR) is 61.8 cm³/mol. The SMILES string of the molecule is OC=S.S=C(Cl)Oc1ccccc1. The van der Waals surface area contributed by atoms with Gasteiger partial charge in [-0.3, -0.25) is 0 Å². The molecule has 0 fully saturated rings. The summed E-state index contributed by atoms with van der Waals surface area (Å²) in [5, 5.41) is 7.26. The van der Waals surface area contributed by atoms with Crippen molar-refractivity contribution >= 4 is 46.1 Å². The maximum absolute atomic E-state index is 7.26. The molecule has 0 aliphatic rings. The Hall–Kier alpha value is -0.710. The van der Waals surface area contributed by atoms with Gasteiger partial charge in [-0.05, 0) is 48.2 Å². The molecule has 0 aliphatic carbocycles. The van der Waals surface area contributed by atoms with Crippen LogP contribution in [-0.4, -0.2) is 15.2 Å². The summed E-state index contributed by atoms with van der Waals surface area (Å²) in [6.07, 6.45) is 0. The predicted octanol–water partition coefficient (Wildman–Crippen LogP) is 3.09. The van der Waals surface area contributed by atoms with Crippen LogP contribution in [0.2, 0.25) is 0 Å². The zero-order valence-electron chi connectivity index (χ0n) is 6.51. The number of benzene rings is 1. The highest BCUT2D eigenvalue weighted by Gasteiger charge is 1.91. The molecular weight excluding hydrogens is 228 g/mol. The van der Waals surface area contributed by atoms with Gasteiger partial charge in [-0.25, -0.2) is 0 Å². The fourth-order valence-corrected chi connectivity index (χ4v) is 0.767. The number of thiocarbonyl (C=S) groups is 2. The summed E-state index contributed by atoms with van der Waals surface area (Å²) in [5.41, 5.74) is 0.583. The lowest BCUT2D eigenvalue weighted by Gasteiger charge is -1.98. The average Bonchev–Trinajstić information content (AvgIpc) is 2.06. The molecule has 0 saturated carbocycles. The van der Waals surface area contributed by atoms with Crippen LogP contribution in [-0.2, 0) is 0 Å². The molecule has 2 nitrogen and oxygen atoms in total. The van der Waals surface area contributed by atoms with Gasteiger partial charge in [0.25, 0.3) is 4.51 Å². The van der Waals surface area contributed by atoms with Gasteiger partial charge in [0.05, 0.1) is 0 Å². The largest absolute Gasteiger partial charge is 0.504 e. The van der Waals surface area contributed by atoms with Gasteiger partial charge in [-0.15, -0.1) is 0 Å². The third kappa shape index (κ3) is 7.64. The number of hydrogen-bond acceptors (Lipinski definition) is 3. The molecule has 70 valence electrons. The van der Waals surface area contributed by atoms with Gasteiger partial charge in [0, 0.05) is 0 Å². The van der Waals surface area contributed by atoms with E-state index in [0.29, 0.717) is 11.3 Å². The topological polar surface area (TPSA) is 29.5 Å². The standard InChI is InChI=1S/C7H5ClOS.CH2OS/c8-7(10)9-6-4-2-1-3-5-6;2-1-3/h1-5H;1H,(H,2,3). The van der Waals surface area contributed by atoms with E-state index in [1.807, 2.05) is 18.2 Å². The lowest BCUT2D eigenvalue weighted by atomic mass is 10.3. The number of ether oxygens (including phenoxy) is 1. The van der Waals surface area contributed by atoms with E-state index in [0.717, 1.165) is 0 Å². The summed E-state index contributed by atoms with van der Waals surface area (Å²) < 4.78 is 4.93. The minimum Gasteiger partial charge on any atom is -0.504 e. The molecule has 0 atom stereocenters. The molecular formula is C8H7ClO2S2. The van der Waals surface area contributed by atoms with Crippen molar-refractivity contribution < 1.29 is 9.84 Å². The first-order valence-corrected chi connectivity index (χ1v) is 4.46. The summed E-state index contributed by atoms with van der Waals surface area (Å²) in [6, 6.07) is 9.17. The lowest BCUT2D eigenvalue weighted by Crippen LogP contribution is -1.94. The Kier molecular flexibility index (Phi) is 7.48. The van der Waals surface area contributed by atoms with Crippen LogP contribution in [0.1, 0.15) is 0 Å². The molecule has 0 aliphatic heterocycles. The first-order chi connectivity index (χ1) is 6.20. The van der Waals surface area contributed by atoms with Crippen molar-refractivity contribution in [2.45, 2.75) is 0 Å². The zero-order chi connectivity index (χ0) is 10.1. The second-order valence-corrected chi connectivity index (χ2v) is 2.91. The molecule has 0 bridgehead atoms. The maximum atomic E-state index is 7.26. The van der Waals surface area contributed by atoms with Crippen molar-refractivity contribution in [3.8, 4) is 5.75 Å². The molecule has 1 aromatic rings. The van der Waals surface area contributed by atoms with Gasteiger partial charge in [0.15, 0.2) is 0 Å². The zero-order valence-corrected chi connectivity index (χ0v) is 8.90. The van der Waals surface area contributed by atoms with Crippen LogP contribution in [0.3, 0.4) is 0 Å². The van der Waals surface area contributed by atoms with Crippen molar-refractivity contribution in [3.05, 3.63) is 30.3 Å². The van der Waals surface area contributed by atoms with Crippen molar-refractivity contribution in [3.63, 3.8) is 0 Å². The molecule has 0 amide bonds. The van der Waals surface area contributed by atoms with Crippen molar-refractivity contribution in [2.75, 3.05) is 0 Å². The highest BCUT2D eigenvalue weighted by molar-refractivity contribution is 7.82. The Bertz CT molecular complexity index is 264. The number of halogens is 1. The van der Waals surface area contributed by atoms with E-state index < -0.39 is 0 Å². The van der Waals surface area contributed by atoms with Gasteiger partial charge in [-0.2, -0.15) is 0 Å². The Balaban J connectivity index is 0.000000424. The lowest BCUT2D eigenvalue weighted by molar-refractivity contribution is 0.578. The fourth-order valence-electron chi connectivity index (χ4n) is 0.581. The highest BCUT2D eigenvalue weighted by Crippen LogP contribution is 2.09. The van der Waals surface area contributed by atoms with Gasteiger partial charge in [-0.1, -0.05) is 18.2 Å². The minimum absolute atomic E-state index is 0.0196. The van der Waals surface area contributed by atoms with Gasteiger partial charge < -0.3 is 9.84 Å². The highest BCUT2D eigenvalue weighted by atomic mass is 35.5. The van der Waals surface area contributed by atoms with Crippen molar-refractivity contribution in [1.82, 2.24) is 0 Å². The van der Waals surface area contributed by atoms with Crippen molar-refractivity contribution in [1.29, 1.82) is 0 Å². The van der Waals surface area contributed by atoms with E-state index in [-0.39, 0.29) is 4.51 Å². The van der Waals surface area contributed by atoms with Crippen molar-refractivity contribution in [2.24, 2.45) is 0 Å². The van der Waals surface area contributed by atoms with Crippen LogP contribution in [0, 0.1) is 0 Å². The quantitative estimate of drug-likeness (QED) is 0.597. The molecule has 5 heteroatoms. The number of hydrogen-bond donors (Lipinski definition) is 1. The summed E-state index contributed by atoms with van der Waals surface area (Å²) in [7, 11) is 0. The monoisotopic (exact) mass is 234 g/mol. The van der Waals surface area contributed by atoms with E-state index >= 15 is 0 Å². The molecule has 0 saturated heterocycles. The second kappa shape index (κ2) is 7.91. The van der Waals surface area contributed by atoms with Crippen LogP contribution in [0.15, 0.2) is 30.3 Å². The van der Waals surface area contributed by atoms with Gasteiger partial charge in [0.2, 0.25) is 0 Å². The van der Waals surface area contributed by atoms with E-state index in [2.05, 4.69) is 24.4 Å². The fraction of sp³-hybridized carbons (Fsp3) is 0. The Morgan fingerprint density at radius 1 is 1.38 bits per heavy atom. The number of aliphatic hydroxyl groups excluding tert-OH is 1. The average molecular weight is 235 g/mol. The smallest absolute Gasteiger partial charge is 0.260 e. The van der Waals surface area contributed by atoms with E-state index in [1.54, 1.807) is 12.1 Å². The molecule has 0 aromatic heterocycles. The molecule has 0 spiro atoms.